The number of likely N-dealkylation sites (tertiary alicyclic amines) is 1. The molecule has 2 aromatic heterocycles. The molecule has 1 amide bonds. The summed E-state index contributed by atoms with van der Waals surface area (Å²) in [6.07, 6.45) is 4.43. The molecule has 1 saturated heterocycles. The second-order valence-electron chi connectivity index (χ2n) is 6.89. The summed E-state index contributed by atoms with van der Waals surface area (Å²) in [6.45, 7) is 1.10. The average molecular weight is 382 g/mol. The van der Waals surface area contributed by atoms with E-state index < -0.39 is 11.5 Å². The van der Waals surface area contributed by atoms with Crippen LogP contribution in [0.1, 0.15) is 29.8 Å². The van der Waals surface area contributed by atoms with E-state index in [4.69, 9.17) is 16.3 Å². The number of pyridine rings is 1. The Morgan fingerprint density at radius 1 is 1.46 bits per heavy atom. The average Bonchev–Trinajstić information content (AvgIpc) is 3.06. The van der Waals surface area contributed by atoms with Crippen molar-refractivity contribution in [3.05, 3.63) is 35.2 Å². The molecule has 1 aliphatic heterocycles. The van der Waals surface area contributed by atoms with Crippen molar-refractivity contribution < 1.29 is 19.7 Å². The molecule has 2 N–H and O–H groups in total. The Labute approximate surface area is 157 Å². The molecule has 0 aliphatic carbocycles. The predicted molar refractivity (Wildman–Crippen MR) is 97.4 cm³/mol. The van der Waals surface area contributed by atoms with Crippen LogP contribution >= 0.6 is 11.6 Å². The molecule has 8 heteroatoms. The van der Waals surface area contributed by atoms with Crippen LogP contribution in [0.4, 0.5) is 0 Å². The monoisotopic (exact) mass is 381 g/mol. The molecule has 26 heavy (non-hydrogen) atoms. The van der Waals surface area contributed by atoms with Crippen LogP contribution in [-0.2, 0) is 4.74 Å². The van der Waals surface area contributed by atoms with Gasteiger partial charge in [-0.2, -0.15) is 0 Å². The van der Waals surface area contributed by atoms with E-state index in [2.05, 4.69) is 4.98 Å². The Morgan fingerprint density at radius 3 is 3.00 bits per heavy atom. The Morgan fingerprint density at radius 2 is 2.27 bits per heavy atom. The highest BCUT2D eigenvalue weighted by atomic mass is 35.5. The van der Waals surface area contributed by atoms with Crippen LogP contribution in [0.25, 0.3) is 5.65 Å². The highest BCUT2D eigenvalue weighted by Gasteiger charge is 2.43. The molecule has 142 valence electrons. The molecule has 0 spiro atoms. The van der Waals surface area contributed by atoms with Gasteiger partial charge in [-0.3, -0.25) is 4.79 Å². The number of methoxy groups -OCH3 is 1. The van der Waals surface area contributed by atoms with Crippen LogP contribution in [0, 0.1) is 5.41 Å². The largest absolute Gasteiger partial charge is 0.396 e. The number of aliphatic hydroxyl groups excluding tert-OH is 2. The van der Waals surface area contributed by atoms with Crippen molar-refractivity contribution in [2.75, 3.05) is 33.4 Å². The fourth-order valence-corrected chi connectivity index (χ4v) is 3.77. The molecular formula is C18H24ClN3O4. The summed E-state index contributed by atoms with van der Waals surface area (Å²) in [6, 6.07) is 3.48. The quantitative estimate of drug-likeness (QED) is 0.742. The van der Waals surface area contributed by atoms with Crippen molar-refractivity contribution >= 4 is 23.2 Å². The molecule has 1 aliphatic rings. The summed E-state index contributed by atoms with van der Waals surface area (Å²) in [5, 5.41) is 21.0. The first-order chi connectivity index (χ1) is 12.5. The number of aromatic nitrogens is 2. The topological polar surface area (TPSA) is 87.3 Å². The van der Waals surface area contributed by atoms with Crippen LogP contribution in [0.3, 0.4) is 0 Å². The number of carbonyl (C=O) groups is 1. The lowest BCUT2D eigenvalue weighted by Crippen LogP contribution is -2.55. The van der Waals surface area contributed by atoms with Crippen LogP contribution in [-0.4, -0.2) is 69.9 Å². The third kappa shape index (κ3) is 3.71. The summed E-state index contributed by atoms with van der Waals surface area (Å²) >= 11 is 5.98. The first kappa shape index (κ1) is 19.1. The highest BCUT2D eigenvalue weighted by molar-refractivity contribution is 6.30. The summed E-state index contributed by atoms with van der Waals surface area (Å²) in [7, 11) is 1.62. The van der Waals surface area contributed by atoms with Crippen molar-refractivity contribution in [3.8, 4) is 0 Å². The number of amides is 1. The van der Waals surface area contributed by atoms with Crippen molar-refractivity contribution in [2.45, 2.75) is 25.4 Å². The Kier molecular flexibility index (Phi) is 5.82. The maximum atomic E-state index is 12.9. The Balaban J connectivity index is 1.79. The molecule has 3 heterocycles. The number of hydrogen-bond donors (Lipinski definition) is 2. The second-order valence-corrected chi connectivity index (χ2v) is 7.32. The number of aliphatic hydroxyl groups is 2. The van der Waals surface area contributed by atoms with Gasteiger partial charge in [-0.25, -0.2) is 4.98 Å². The maximum Gasteiger partial charge on any atom is 0.274 e. The first-order valence-electron chi connectivity index (χ1n) is 8.70. The van der Waals surface area contributed by atoms with Gasteiger partial charge in [0, 0.05) is 44.6 Å². The summed E-state index contributed by atoms with van der Waals surface area (Å²) in [4.78, 5) is 19.0. The van der Waals surface area contributed by atoms with E-state index in [9.17, 15) is 15.0 Å². The van der Waals surface area contributed by atoms with Gasteiger partial charge in [-0.1, -0.05) is 11.6 Å². The van der Waals surface area contributed by atoms with Gasteiger partial charge in [-0.05, 0) is 31.4 Å². The minimum Gasteiger partial charge on any atom is -0.396 e. The van der Waals surface area contributed by atoms with Gasteiger partial charge in [0.05, 0.1) is 17.7 Å². The zero-order chi connectivity index (χ0) is 18.7. The van der Waals surface area contributed by atoms with Crippen molar-refractivity contribution in [1.29, 1.82) is 0 Å². The van der Waals surface area contributed by atoms with Gasteiger partial charge in [-0.15, -0.1) is 0 Å². The van der Waals surface area contributed by atoms with Crippen molar-refractivity contribution in [2.24, 2.45) is 5.41 Å². The fraction of sp³-hybridized carbons (Fsp3) is 0.556. The Hall–Kier alpha value is -1.67. The molecule has 2 aromatic rings. The van der Waals surface area contributed by atoms with Gasteiger partial charge in [0.1, 0.15) is 11.3 Å². The van der Waals surface area contributed by atoms with Gasteiger partial charge in [0.25, 0.3) is 5.91 Å². The minimum atomic E-state index is -0.727. The van der Waals surface area contributed by atoms with E-state index in [0.717, 1.165) is 0 Å². The van der Waals surface area contributed by atoms with E-state index in [1.165, 1.54) is 0 Å². The molecule has 0 unspecified atom stereocenters. The summed E-state index contributed by atoms with van der Waals surface area (Å²) in [5.74, 6) is -0.207. The normalized spacial score (nSPS) is 23.5. The van der Waals surface area contributed by atoms with Gasteiger partial charge in [0.2, 0.25) is 0 Å². The first-order valence-corrected chi connectivity index (χ1v) is 9.08. The lowest BCUT2D eigenvalue weighted by molar-refractivity contribution is -0.0745. The molecule has 2 atom stereocenters. The number of nitrogens with zero attached hydrogens (tertiary/aromatic N) is 3. The number of fused-ring (bicyclic) bond motifs is 1. The lowest BCUT2D eigenvalue weighted by atomic mass is 9.74. The van der Waals surface area contributed by atoms with E-state index in [-0.39, 0.29) is 12.5 Å². The van der Waals surface area contributed by atoms with E-state index in [0.29, 0.717) is 55.3 Å². The third-order valence-corrected chi connectivity index (χ3v) is 5.37. The highest BCUT2D eigenvalue weighted by Crippen LogP contribution is 2.35. The standard InChI is InChI=1S/C18H24ClN3O4/c1-26-8-2-6-18(12-23)11-21(7-5-15(18)24)17(25)14-10-22-9-13(19)3-4-16(22)20-14/h3-4,9-10,15,23-24H,2,5-8,11-12H2,1H3/t15-,18+/m1/s1. The minimum absolute atomic E-state index is 0.178. The molecule has 7 nitrogen and oxygen atoms in total. The zero-order valence-electron chi connectivity index (χ0n) is 14.8. The third-order valence-electron chi connectivity index (χ3n) is 5.14. The lowest BCUT2D eigenvalue weighted by Gasteiger charge is -2.45. The molecule has 1 fully saturated rings. The number of ether oxygens (including phenoxy) is 1. The Bertz CT molecular complexity index is 781. The van der Waals surface area contributed by atoms with Crippen molar-refractivity contribution in [3.63, 3.8) is 0 Å². The zero-order valence-corrected chi connectivity index (χ0v) is 15.5. The molecule has 0 saturated carbocycles. The van der Waals surface area contributed by atoms with Crippen LogP contribution in [0.2, 0.25) is 5.02 Å². The number of piperidine rings is 1. The SMILES string of the molecule is COCCC[C@@]1(CO)CN(C(=O)c2cn3cc(Cl)ccc3n2)CC[C@H]1O. The number of carbonyl (C=O) groups excluding carboxylic acids is 1. The molecule has 0 radical (unpaired) electrons. The van der Waals surface area contributed by atoms with E-state index >= 15 is 0 Å². The number of rotatable bonds is 6. The summed E-state index contributed by atoms with van der Waals surface area (Å²) in [5.41, 5.74) is 0.241. The number of halogens is 1. The van der Waals surface area contributed by atoms with Gasteiger partial charge < -0.3 is 24.3 Å². The molecule has 0 bridgehead atoms. The van der Waals surface area contributed by atoms with Gasteiger partial charge >= 0.3 is 0 Å². The fourth-order valence-electron chi connectivity index (χ4n) is 3.60. The van der Waals surface area contributed by atoms with Crippen LogP contribution < -0.4 is 0 Å². The molecular weight excluding hydrogens is 358 g/mol. The smallest absolute Gasteiger partial charge is 0.274 e. The molecule has 0 aromatic carbocycles. The molecule has 3 rings (SSSR count). The van der Waals surface area contributed by atoms with Crippen LogP contribution in [0.5, 0.6) is 0 Å². The van der Waals surface area contributed by atoms with Crippen molar-refractivity contribution in [1.82, 2.24) is 14.3 Å². The van der Waals surface area contributed by atoms with Crippen LogP contribution in [0.15, 0.2) is 24.5 Å². The summed E-state index contributed by atoms with van der Waals surface area (Å²) < 4.78 is 6.79. The second kappa shape index (κ2) is 7.92. The maximum absolute atomic E-state index is 12.9. The predicted octanol–water partition coefficient (Wildman–Crippen LogP) is 1.60. The van der Waals surface area contributed by atoms with E-state index in [1.807, 2.05) is 0 Å². The van der Waals surface area contributed by atoms with Gasteiger partial charge in [0.15, 0.2) is 0 Å². The van der Waals surface area contributed by atoms with E-state index in [1.54, 1.807) is 40.9 Å². The number of imidazole rings is 1. The number of hydrogen-bond acceptors (Lipinski definition) is 5.